The van der Waals surface area contributed by atoms with Crippen molar-refractivity contribution in [3.05, 3.63) is 46.8 Å². The Balaban J connectivity index is 1.66. The van der Waals surface area contributed by atoms with Gasteiger partial charge in [0.1, 0.15) is 0 Å². The van der Waals surface area contributed by atoms with Crippen LogP contribution in [0.25, 0.3) is 5.69 Å². The number of aryl methyl sites for hydroxylation is 1. The molecule has 26 heavy (non-hydrogen) atoms. The van der Waals surface area contributed by atoms with Crippen LogP contribution in [0.3, 0.4) is 0 Å². The van der Waals surface area contributed by atoms with Crippen LogP contribution >= 0.6 is 0 Å². The van der Waals surface area contributed by atoms with Crippen molar-refractivity contribution in [2.45, 2.75) is 52.0 Å². The topological polar surface area (TPSA) is 67.2 Å². The van der Waals surface area contributed by atoms with Crippen LogP contribution in [-0.4, -0.2) is 35.6 Å². The van der Waals surface area contributed by atoms with Crippen LogP contribution in [0.1, 0.15) is 54.1 Å². The Morgan fingerprint density at radius 3 is 2.69 bits per heavy atom. The average molecular weight is 375 g/mol. The highest BCUT2D eigenvalue weighted by Crippen LogP contribution is 2.33. The number of hydrogen-bond donors (Lipinski definition) is 1. The number of fused-ring (bicyclic) bond motifs is 1. The van der Waals surface area contributed by atoms with E-state index in [2.05, 4.69) is 35.8 Å². The van der Waals surface area contributed by atoms with Crippen molar-refractivity contribution in [3.63, 3.8) is 0 Å². The zero-order valence-corrected chi connectivity index (χ0v) is 16.2. The Hall–Kier alpha value is -1.70. The molecule has 0 amide bonds. The van der Waals surface area contributed by atoms with Crippen molar-refractivity contribution >= 4 is 10.2 Å². The molecule has 1 N–H and O–H groups in total. The molecule has 0 saturated carbocycles. The molecule has 1 saturated heterocycles. The second-order valence-electron chi connectivity index (χ2n) is 7.35. The highest BCUT2D eigenvalue weighted by atomic mass is 32.2. The van der Waals surface area contributed by atoms with Crippen LogP contribution in [0.2, 0.25) is 0 Å². The Labute approximate surface area is 155 Å². The van der Waals surface area contributed by atoms with Gasteiger partial charge in [0.2, 0.25) is 0 Å². The number of rotatable bonds is 4. The lowest BCUT2D eigenvalue weighted by atomic mass is 9.93. The van der Waals surface area contributed by atoms with Crippen molar-refractivity contribution in [1.29, 1.82) is 0 Å². The lowest BCUT2D eigenvalue weighted by Gasteiger charge is -2.26. The van der Waals surface area contributed by atoms with Gasteiger partial charge in [0.15, 0.2) is 0 Å². The highest BCUT2D eigenvalue weighted by molar-refractivity contribution is 7.87. The summed E-state index contributed by atoms with van der Waals surface area (Å²) in [5.74, 6) is 0. The molecule has 4 rings (SSSR count). The summed E-state index contributed by atoms with van der Waals surface area (Å²) in [6, 6.07) is 6.03. The fraction of sp³-hybridized carbons (Fsp3) is 0.526. The van der Waals surface area contributed by atoms with E-state index in [1.807, 2.05) is 16.9 Å². The number of aromatic nitrogens is 2. The van der Waals surface area contributed by atoms with Crippen LogP contribution < -0.4 is 4.72 Å². The maximum atomic E-state index is 12.7. The zero-order valence-electron chi connectivity index (χ0n) is 15.4. The van der Waals surface area contributed by atoms with Gasteiger partial charge in [-0.2, -0.15) is 22.5 Å². The molecule has 2 aliphatic rings. The van der Waals surface area contributed by atoms with Gasteiger partial charge in [-0.3, -0.25) is 0 Å². The number of nitrogens with one attached hydrogen (secondary N) is 1. The first kappa shape index (κ1) is 17.7. The number of nitrogens with zero attached hydrogens (tertiary/aromatic N) is 3. The normalized spacial score (nSPS) is 21.1. The molecular weight excluding hydrogens is 348 g/mol. The van der Waals surface area contributed by atoms with E-state index < -0.39 is 10.2 Å². The predicted molar refractivity (Wildman–Crippen MR) is 102 cm³/mol. The summed E-state index contributed by atoms with van der Waals surface area (Å²) in [6.45, 7) is 5.45. The third kappa shape index (κ3) is 3.08. The van der Waals surface area contributed by atoms with Gasteiger partial charge in [-0.05, 0) is 63.1 Å². The monoisotopic (exact) mass is 374 g/mol. The lowest BCUT2D eigenvalue weighted by molar-refractivity contribution is 0.438. The molecule has 1 aromatic carbocycles. The van der Waals surface area contributed by atoms with Crippen LogP contribution in [0.15, 0.2) is 24.4 Å². The maximum absolute atomic E-state index is 12.7. The van der Waals surface area contributed by atoms with Crippen LogP contribution in [0, 0.1) is 13.8 Å². The smallest absolute Gasteiger partial charge is 0.237 e. The van der Waals surface area contributed by atoms with Gasteiger partial charge in [-0.1, -0.05) is 12.1 Å². The molecule has 7 heteroatoms. The minimum Gasteiger partial charge on any atom is -0.237 e. The minimum atomic E-state index is -3.43. The second-order valence-corrected chi connectivity index (χ2v) is 9.05. The van der Waals surface area contributed by atoms with E-state index >= 15 is 0 Å². The van der Waals surface area contributed by atoms with E-state index in [1.54, 1.807) is 4.31 Å². The predicted octanol–water partition coefficient (Wildman–Crippen LogP) is 2.80. The average Bonchev–Trinajstić information content (AvgIpc) is 3.28. The van der Waals surface area contributed by atoms with Crippen molar-refractivity contribution in [3.8, 4) is 5.69 Å². The molecule has 0 spiro atoms. The third-order valence-corrected chi connectivity index (χ3v) is 7.31. The van der Waals surface area contributed by atoms with Gasteiger partial charge >= 0.3 is 0 Å². The maximum Gasteiger partial charge on any atom is 0.280 e. The van der Waals surface area contributed by atoms with Gasteiger partial charge in [0, 0.05) is 24.3 Å². The van der Waals surface area contributed by atoms with Gasteiger partial charge < -0.3 is 0 Å². The summed E-state index contributed by atoms with van der Waals surface area (Å²) in [7, 11) is -3.43. The zero-order chi connectivity index (χ0) is 18.3. The van der Waals surface area contributed by atoms with Crippen LogP contribution in [0.5, 0.6) is 0 Å². The first-order chi connectivity index (χ1) is 12.5. The summed E-state index contributed by atoms with van der Waals surface area (Å²) in [4.78, 5) is 0. The molecule has 1 aliphatic heterocycles. The van der Waals surface area contributed by atoms with Crippen LogP contribution in [0.4, 0.5) is 0 Å². The number of hydrogen-bond acceptors (Lipinski definition) is 3. The molecule has 0 unspecified atom stereocenters. The molecule has 0 radical (unpaired) electrons. The Morgan fingerprint density at radius 2 is 1.92 bits per heavy atom. The summed E-state index contributed by atoms with van der Waals surface area (Å²) in [5.41, 5.74) is 5.65. The Morgan fingerprint density at radius 1 is 1.15 bits per heavy atom. The van der Waals surface area contributed by atoms with E-state index in [0.717, 1.165) is 49.0 Å². The standard InChI is InChI=1S/C19H26N4O2S/c1-14-7-5-9-18(15(14)2)23-19-10-6-8-17(16(19)13-20-23)21-26(24,25)22-11-3-4-12-22/h5,7,9,13,17,21H,3-4,6,8,10-12H2,1-2H3/t17-/m0/s1. The largest absolute Gasteiger partial charge is 0.280 e. The Kier molecular flexibility index (Phi) is 4.62. The fourth-order valence-corrected chi connectivity index (χ4v) is 5.53. The van der Waals surface area contributed by atoms with Gasteiger partial charge in [0.25, 0.3) is 10.2 Å². The first-order valence-electron chi connectivity index (χ1n) is 9.38. The minimum absolute atomic E-state index is 0.191. The highest BCUT2D eigenvalue weighted by Gasteiger charge is 2.32. The van der Waals surface area contributed by atoms with Gasteiger partial charge in [0.05, 0.1) is 17.9 Å². The molecule has 1 fully saturated rings. The van der Waals surface area contributed by atoms with E-state index in [9.17, 15) is 8.42 Å². The molecule has 2 heterocycles. The SMILES string of the molecule is Cc1cccc(-n2ncc3c2CCC[C@@H]3NS(=O)(=O)N2CCCC2)c1C. The molecule has 1 aliphatic carbocycles. The summed E-state index contributed by atoms with van der Waals surface area (Å²) in [6.07, 6.45) is 6.43. The molecule has 0 bridgehead atoms. The van der Waals surface area contributed by atoms with E-state index in [4.69, 9.17) is 0 Å². The quantitative estimate of drug-likeness (QED) is 0.895. The third-order valence-electron chi connectivity index (χ3n) is 5.68. The number of benzene rings is 1. The van der Waals surface area contributed by atoms with Crippen molar-refractivity contribution < 1.29 is 8.42 Å². The van der Waals surface area contributed by atoms with Gasteiger partial charge in [-0.15, -0.1) is 0 Å². The van der Waals surface area contributed by atoms with E-state index in [1.165, 1.54) is 11.1 Å². The van der Waals surface area contributed by atoms with Crippen molar-refractivity contribution in [1.82, 2.24) is 18.8 Å². The summed E-state index contributed by atoms with van der Waals surface area (Å²) in [5, 5.41) is 4.62. The van der Waals surface area contributed by atoms with Crippen molar-refractivity contribution in [2.24, 2.45) is 0 Å². The molecule has 2 aromatic rings. The molecule has 6 nitrogen and oxygen atoms in total. The molecule has 140 valence electrons. The van der Waals surface area contributed by atoms with Crippen LogP contribution in [-0.2, 0) is 16.6 Å². The Bertz CT molecular complexity index is 914. The molecule has 1 aromatic heterocycles. The second kappa shape index (κ2) is 6.79. The van der Waals surface area contributed by atoms with Crippen molar-refractivity contribution in [2.75, 3.05) is 13.1 Å². The van der Waals surface area contributed by atoms with E-state index in [0.29, 0.717) is 13.1 Å². The first-order valence-corrected chi connectivity index (χ1v) is 10.8. The van der Waals surface area contributed by atoms with E-state index in [-0.39, 0.29) is 6.04 Å². The summed E-state index contributed by atoms with van der Waals surface area (Å²) >= 11 is 0. The lowest BCUT2D eigenvalue weighted by Crippen LogP contribution is -2.41. The fourth-order valence-electron chi connectivity index (χ4n) is 4.03. The molecular formula is C19H26N4O2S. The molecule has 1 atom stereocenters. The van der Waals surface area contributed by atoms with Gasteiger partial charge in [-0.25, -0.2) is 4.68 Å². The summed E-state index contributed by atoms with van der Waals surface area (Å²) < 4.78 is 31.8.